The fraction of sp³-hybridized carbons (Fsp3) is 0.400. The summed E-state index contributed by atoms with van der Waals surface area (Å²) in [6.45, 7) is 4.46. The Hall–Kier alpha value is -1.85. The number of amides is 1. The highest BCUT2D eigenvalue weighted by atomic mass is 16.5. The number of primary amides is 1. The molecule has 5 heteroatoms. The molecule has 0 unspecified atom stereocenters. The van der Waals surface area contributed by atoms with E-state index in [0.717, 1.165) is 56.0 Å². The van der Waals surface area contributed by atoms with Gasteiger partial charge in [-0.15, -0.1) is 0 Å². The van der Waals surface area contributed by atoms with E-state index in [1.807, 2.05) is 12.1 Å². The van der Waals surface area contributed by atoms with Gasteiger partial charge in [-0.25, -0.2) is 0 Å². The van der Waals surface area contributed by atoms with Crippen LogP contribution in [-0.4, -0.2) is 43.7 Å². The SMILES string of the molecule is NC(=O)c1cccc2oc(CCN3CCOCC3)cc12. The lowest BCUT2D eigenvalue weighted by molar-refractivity contribution is 0.0379. The van der Waals surface area contributed by atoms with E-state index >= 15 is 0 Å². The van der Waals surface area contributed by atoms with E-state index in [4.69, 9.17) is 14.9 Å². The van der Waals surface area contributed by atoms with Crippen LogP contribution < -0.4 is 5.73 Å². The zero-order valence-corrected chi connectivity index (χ0v) is 11.3. The van der Waals surface area contributed by atoms with Crippen molar-refractivity contribution in [3.05, 3.63) is 35.6 Å². The van der Waals surface area contributed by atoms with Crippen LogP contribution in [-0.2, 0) is 11.2 Å². The monoisotopic (exact) mass is 274 g/mol. The summed E-state index contributed by atoms with van der Waals surface area (Å²) in [6.07, 6.45) is 0.826. The van der Waals surface area contributed by atoms with Crippen molar-refractivity contribution in [2.24, 2.45) is 5.73 Å². The van der Waals surface area contributed by atoms with Gasteiger partial charge in [0.2, 0.25) is 5.91 Å². The smallest absolute Gasteiger partial charge is 0.249 e. The summed E-state index contributed by atoms with van der Waals surface area (Å²) in [5.74, 6) is 0.469. The van der Waals surface area contributed by atoms with Gasteiger partial charge in [-0.05, 0) is 18.2 Å². The summed E-state index contributed by atoms with van der Waals surface area (Å²) in [5.41, 5.74) is 6.62. The Morgan fingerprint density at radius 2 is 2.10 bits per heavy atom. The summed E-state index contributed by atoms with van der Waals surface area (Å²) in [7, 11) is 0. The number of carbonyl (C=O) groups excluding carboxylic acids is 1. The predicted octanol–water partition coefficient (Wildman–Crippen LogP) is 1.41. The number of furan rings is 1. The number of nitrogens with zero attached hydrogens (tertiary/aromatic N) is 1. The number of fused-ring (bicyclic) bond motifs is 1. The Bertz CT molecular complexity index is 615. The quantitative estimate of drug-likeness (QED) is 0.915. The molecule has 106 valence electrons. The van der Waals surface area contributed by atoms with Crippen molar-refractivity contribution < 1.29 is 13.9 Å². The number of rotatable bonds is 4. The highest BCUT2D eigenvalue weighted by molar-refractivity contribution is 6.05. The second-order valence-corrected chi connectivity index (χ2v) is 5.00. The largest absolute Gasteiger partial charge is 0.461 e. The molecule has 0 saturated carbocycles. The Morgan fingerprint density at radius 1 is 1.30 bits per heavy atom. The van der Waals surface area contributed by atoms with Crippen LogP contribution in [0.1, 0.15) is 16.1 Å². The topological polar surface area (TPSA) is 68.7 Å². The summed E-state index contributed by atoms with van der Waals surface area (Å²) in [4.78, 5) is 13.7. The normalized spacial score (nSPS) is 16.6. The van der Waals surface area contributed by atoms with Gasteiger partial charge in [0.1, 0.15) is 11.3 Å². The van der Waals surface area contributed by atoms with Gasteiger partial charge in [-0.2, -0.15) is 0 Å². The number of carbonyl (C=O) groups is 1. The van der Waals surface area contributed by atoms with Gasteiger partial charge < -0.3 is 14.9 Å². The van der Waals surface area contributed by atoms with Crippen LogP contribution in [0.2, 0.25) is 0 Å². The van der Waals surface area contributed by atoms with E-state index in [0.29, 0.717) is 5.56 Å². The minimum absolute atomic E-state index is 0.420. The first-order valence-electron chi connectivity index (χ1n) is 6.85. The van der Waals surface area contributed by atoms with Crippen LogP contribution in [0.3, 0.4) is 0 Å². The predicted molar refractivity (Wildman–Crippen MR) is 75.7 cm³/mol. The van der Waals surface area contributed by atoms with Crippen molar-refractivity contribution in [1.29, 1.82) is 0 Å². The molecule has 0 radical (unpaired) electrons. The van der Waals surface area contributed by atoms with Crippen molar-refractivity contribution >= 4 is 16.9 Å². The molecule has 2 heterocycles. The number of hydrogen-bond donors (Lipinski definition) is 1. The molecular weight excluding hydrogens is 256 g/mol. The summed E-state index contributed by atoms with van der Waals surface area (Å²) >= 11 is 0. The van der Waals surface area contributed by atoms with Crippen molar-refractivity contribution in [2.75, 3.05) is 32.8 Å². The van der Waals surface area contributed by atoms with Gasteiger partial charge in [0.15, 0.2) is 0 Å². The molecule has 1 aromatic carbocycles. The Labute approximate surface area is 117 Å². The molecule has 0 aliphatic carbocycles. The number of benzene rings is 1. The van der Waals surface area contributed by atoms with Crippen LogP contribution >= 0.6 is 0 Å². The van der Waals surface area contributed by atoms with Gasteiger partial charge in [-0.3, -0.25) is 9.69 Å². The van der Waals surface area contributed by atoms with E-state index in [1.165, 1.54) is 0 Å². The molecule has 5 nitrogen and oxygen atoms in total. The second-order valence-electron chi connectivity index (χ2n) is 5.00. The maximum Gasteiger partial charge on any atom is 0.249 e. The lowest BCUT2D eigenvalue weighted by atomic mass is 10.1. The Kier molecular flexibility index (Phi) is 3.71. The molecule has 1 fully saturated rings. The first-order valence-corrected chi connectivity index (χ1v) is 6.85. The first-order chi connectivity index (χ1) is 9.74. The Balaban J connectivity index is 1.75. The summed E-state index contributed by atoms with van der Waals surface area (Å²) in [6, 6.07) is 7.31. The third-order valence-corrected chi connectivity index (χ3v) is 3.66. The van der Waals surface area contributed by atoms with E-state index < -0.39 is 5.91 Å². The maximum atomic E-state index is 11.4. The van der Waals surface area contributed by atoms with E-state index in [-0.39, 0.29) is 0 Å². The molecule has 2 aromatic rings. The van der Waals surface area contributed by atoms with Crippen LogP contribution in [0, 0.1) is 0 Å². The van der Waals surface area contributed by atoms with Crippen LogP contribution in [0.15, 0.2) is 28.7 Å². The minimum atomic E-state index is -0.420. The van der Waals surface area contributed by atoms with Crippen molar-refractivity contribution in [3.63, 3.8) is 0 Å². The molecule has 1 saturated heterocycles. The van der Waals surface area contributed by atoms with Crippen LogP contribution in [0.4, 0.5) is 0 Å². The molecule has 2 N–H and O–H groups in total. The molecule has 1 amide bonds. The standard InChI is InChI=1S/C15H18N2O3/c16-15(18)12-2-1-3-14-13(12)10-11(20-14)4-5-17-6-8-19-9-7-17/h1-3,10H,4-9H2,(H2,16,18). The van der Waals surface area contributed by atoms with E-state index in [9.17, 15) is 4.79 Å². The highest BCUT2D eigenvalue weighted by Crippen LogP contribution is 2.23. The van der Waals surface area contributed by atoms with Gasteiger partial charge in [0.25, 0.3) is 0 Å². The summed E-state index contributed by atoms with van der Waals surface area (Å²) < 4.78 is 11.1. The first kappa shape index (κ1) is 13.1. The van der Waals surface area contributed by atoms with Crippen molar-refractivity contribution in [1.82, 2.24) is 4.90 Å². The molecular formula is C15H18N2O3. The number of nitrogens with two attached hydrogens (primary N) is 1. The maximum absolute atomic E-state index is 11.4. The van der Waals surface area contributed by atoms with Crippen molar-refractivity contribution in [3.8, 4) is 0 Å². The molecule has 0 spiro atoms. The van der Waals surface area contributed by atoms with E-state index in [1.54, 1.807) is 12.1 Å². The zero-order valence-electron chi connectivity index (χ0n) is 11.3. The van der Waals surface area contributed by atoms with Crippen LogP contribution in [0.25, 0.3) is 11.0 Å². The zero-order chi connectivity index (χ0) is 13.9. The molecule has 1 aliphatic rings. The number of morpholine rings is 1. The molecule has 0 atom stereocenters. The molecule has 0 bridgehead atoms. The lowest BCUT2D eigenvalue weighted by Crippen LogP contribution is -2.37. The minimum Gasteiger partial charge on any atom is -0.461 e. The Morgan fingerprint density at radius 3 is 2.85 bits per heavy atom. The number of ether oxygens (including phenoxy) is 1. The van der Waals surface area contributed by atoms with Gasteiger partial charge in [0.05, 0.1) is 18.8 Å². The average Bonchev–Trinajstić information content (AvgIpc) is 2.88. The average molecular weight is 274 g/mol. The van der Waals surface area contributed by atoms with Gasteiger partial charge in [-0.1, -0.05) is 6.07 Å². The van der Waals surface area contributed by atoms with E-state index in [2.05, 4.69) is 4.90 Å². The van der Waals surface area contributed by atoms with Crippen molar-refractivity contribution in [2.45, 2.75) is 6.42 Å². The molecule has 20 heavy (non-hydrogen) atoms. The van der Waals surface area contributed by atoms with Crippen LogP contribution in [0.5, 0.6) is 0 Å². The van der Waals surface area contributed by atoms with Gasteiger partial charge >= 0.3 is 0 Å². The fourth-order valence-corrected chi connectivity index (χ4v) is 2.54. The second kappa shape index (κ2) is 5.64. The fourth-order valence-electron chi connectivity index (χ4n) is 2.54. The molecule has 3 rings (SSSR count). The third kappa shape index (κ3) is 2.69. The number of hydrogen-bond acceptors (Lipinski definition) is 4. The molecule has 1 aliphatic heterocycles. The third-order valence-electron chi connectivity index (χ3n) is 3.66. The van der Waals surface area contributed by atoms with Gasteiger partial charge in [0, 0.05) is 31.4 Å². The molecule has 1 aromatic heterocycles. The lowest BCUT2D eigenvalue weighted by Gasteiger charge is -2.25. The summed E-state index contributed by atoms with van der Waals surface area (Å²) in [5, 5.41) is 0.803. The highest BCUT2D eigenvalue weighted by Gasteiger charge is 2.14.